The predicted octanol–water partition coefficient (Wildman–Crippen LogP) is 3.66. The summed E-state index contributed by atoms with van der Waals surface area (Å²) in [6.07, 6.45) is 0. The summed E-state index contributed by atoms with van der Waals surface area (Å²) in [6, 6.07) is 18.8. The van der Waals surface area contributed by atoms with E-state index in [1.54, 1.807) is 0 Å². The molecule has 5 heteroatoms. The standard InChI is InChI=1S/C20H22F2O3/c21-20(22)18(11-23)19(20,14-24-12-16-7-3-1-4-8-16)15-25-13-17-9-5-2-6-10-17/h1-10,18,23H,11-15H2. The van der Waals surface area contributed by atoms with Gasteiger partial charge in [-0.05, 0) is 11.1 Å². The zero-order valence-electron chi connectivity index (χ0n) is 13.9. The molecule has 0 spiro atoms. The van der Waals surface area contributed by atoms with Crippen molar-refractivity contribution in [3.8, 4) is 0 Å². The van der Waals surface area contributed by atoms with Crippen LogP contribution in [0.2, 0.25) is 0 Å². The average molecular weight is 348 g/mol. The monoisotopic (exact) mass is 348 g/mol. The zero-order chi connectivity index (χ0) is 17.8. The Kier molecular flexibility index (Phi) is 5.47. The average Bonchev–Trinajstić information content (AvgIpc) is 3.10. The van der Waals surface area contributed by atoms with Gasteiger partial charge >= 0.3 is 0 Å². The van der Waals surface area contributed by atoms with Crippen LogP contribution in [0.3, 0.4) is 0 Å². The number of alkyl halides is 2. The van der Waals surface area contributed by atoms with Gasteiger partial charge in [-0.15, -0.1) is 0 Å². The van der Waals surface area contributed by atoms with Crippen LogP contribution in [0.5, 0.6) is 0 Å². The number of benzene rings is 2. The number of ether oxygens (including phenoxy) is 2. The summed E-state index contributed by atoms with van der Waals surface area (Å²) >= 11 is 0. The second-order valence-electron chi connectivity index (χ2n) is 6.47. The molecule has 1 aliphatic carbocycles. The van der Waals surface area contributed by atoms with Crippen LogP contribution in [-0.2, 0) is 22.7 Å². The summed E-state index contributed by atoms with van der Waals surface area (Å²) in [5.74, 6) is -4.10. The molecule has 0 radical (unpaired) electrons. The molecule has 1 unspecified atom stereocenters. The molecule has 0 heterocycles. The van der Waals surface area contributed by atoms with Gasteiger partial charge in [-0.25, -0.2) is 8.78 Å². The van der Waals surface area contributed by atoms with E-state index >= 15 is 0 Å². The molecule has 1 atom stereocenters. The minimum Gasteiger partial charge on any atom is -0.396 e. The molecule has 0 aliphatic heterocycles. The molecular weight excluding hydrogens is 326 g/mol. The summed E-state index contributed by atoms with van der Waals surface area (Å²) < 4.78 is 39.6. The van der Waals surface area contributed by atoms with E-state index in [0.29, 0.717) is 0 Å². The summed E-state index contributed by atoms with van der Waals surface area (Å²) in [7, 11) is 0. The van der Waals surface area contributed by atoms with Crippen LogP contribution in [0.4, 0.5) is 8.78 Å². The third-order valence-electron chi connectivity index (χ3n) is 4.81. The van der Waals surface area contributed by atoms with Crippen LogP contribution in [0.25, 0.3) is 0 Å². The van der Waals surface area contributed by atoms with E-state index in [-0.39, 0.29) is 26.4 Å². The quantitative estimate of drug-likeness (QED) is 0.752. The van der Waals surface area contributed by atoms with Crippen molar-refractivity contribution >= 4 is 0 Å². The molecule has 134 valence electrons. The van der Waals surface area contributed by atoms with Crippen molar-refractivity contribution in [2.45, 2.75) is 19.1 Å². The Morgan fingerprint density at radius 2 is 1.24 bits per heavy atom. The van der Waals surface area contributed by atoms with Gasteiger partial charge in [-0.2, -0.15) is 0 Å². The van der Waals surface area contributed by atoms with E-state index in [1.165, 1.54) is 0 Å². The molecule has 2 aromatic carbocycles. The van der Waals surface area contributed by atoms with Gasteiger partial charge in [-0.3, -0.25) is 0 Å². The molecular formula is C20H22F2O3. The third kappa shape index (κ3) is 3.73. The van der Waals surface area contributed by atoms with Crippen molar-refractivity contribution in [3.05, 3.63) is 71.8 Å². The third-order valence-corrected chi connectivity index (χ3v) is 4.81. The Morgan fingerprint density at radius 3 is 1.60 bits per heavy atom. The summed E-state index contributed by atoms with van der Waals surface area (Å²) in [6.45, 7) is -0.342. The first kappa shape index (κ1) is 18.0. The maximum Gasteiger partial charge on any atom is 0.264 e. The zero-order valence-corrected chi connectivity index (χ0v) is 13.9. The highest BCUT2D eigenvalue weighted by Gasteiger charge is 2.80. The Hall–Kier alpha value is -1.82. The van der Waals surface area contributed by atoms with Gasteiger partial charge in [0.15, 0.2) is 0 Å². The number of aliphatic hydroxyl groups is 1. The van der Waals surface area contributed by atoms with Crippen LogP contribution in [-0.4, -0.2) is 30.8 Å². The maximum absolute atomic E-state index is 14.2. The first-order valence-corrected chi connectivity index (χ1v) is 8.32. The number of hydrogen-bond acceptors (Lipinski definition) is 3. The lowest BCUT2D eigenvalue weighted by atomic mass is 10.1. The molecule has 1 aliphatic rings. The maximum atomic E-state index is 14.2. The molecule has 0 aromatic heterocycles. The SMILES string of the molecule is OCC1C(F)(F)C1(COCc1ccccc1)COCc1ccccc1. The molecule has 3 rings (SSSR count). The van der Waals surface area contributed by atoms with Gasteiger partial charge in [0, 0.05) is 0 Å². The van der Waals surface area contributed by atoms with Crippen molar-refractivity contribution in [1.82, 2.24) is 0 Å². The summed E-state index contributed by atoms with van der Waals surface area (Å²) in [4.78, 5) is 0. The molecule has 3 nitrogen and oxygen atoms in total. The molecule has 0 amide bonds. The fourth-order valence-corrected chi connectivity index (χ4v) is 3.17. The fraction of sp³-hybridized carbons (Fsp3) is 0.400. The predicted molar refractivity (Wildman–Crippen MR) is 90.2 cm³/mol. The lowest BCUT2D eigenvalue weighted by Gasteiger charge is -2.18. The molecule has 1 fully saturated rings. The highest BCUT2D eigenvalue weighted by atomic mass is 19.3. The van der Waals surface area contributed by atoms with Crippen LogP contribution in [0.15, 0.2) is 60.7 Å². The van der Waals surface area contributed by atoms with E-state index in [4.69, 9.17) is 9.47 Å². The highest BCUT2D eigenvalue weighted by Crippen LogP contribution is 2.66. The molecule has 0 bridgehead atoms. The smallest absolute Gasteiger partial charge is 0.264 e. The highest BCUT2D eigenvalue weighted by molar-refractivity contribution is 5.19. The summed E-state index contributed by atoms with van der Waals surface area (Å²) in [5, 5.41) is 9.32. The largest absolute Gasteiger partial charge is 0.396 e. The molecule has 2 aromatic rings. The second kappa shape index (κ2) is 7.60. The topological polar surface area (TPSA) is 38.7 Å². The lowest BCUT2D eigenvalue weighted by Crippen LogP contribution is -2.25. The van der Waals surface area contributed by atoms with Crippen LogP contribution in [0.1, 0.15) is 11.1 Å². The van der Waals surface area contributed by atoms with Crippen molar-refractivity contribution in [1.29, 1.82) is 0 Å². The van der Waals surface area contributed by atoms with E-state index < -0.39 is 23.9 Å². The first-order chi connectivity index (χ1) is 12.1. The normalized spacial score (nSPS) is 20.4. The fourth-order valence-electron chi connectivity index (χ4n) is 3.17. The Bertz CT molecular complexity index is 616. The molecule has 0 saturated heterocycles. The number of aliphatic hydroxyl groups excluding tert-OH is 1. The van der Waals surface area contributed by atoms with Gasteiger partial charge in [0.05, 0.1) is 44.4 Å². The number of hydrogen-bond donors (Lipinski definition) is 1. The van der Waals surface area contributed by atoms with E-state index in [0.717, 1.165) is 11.1 Å². The van der Waals surface area contributed by atoms with Crippen molar-refractivity contribution in [2.24, 2.45) is 11.3 Å². The minimum absolute atomic E-state index is 0.144. The number of halogens is 2. The van der Waals surface area contributed by atoms with Crippen LogP contribution >= 0.6 is 0 Å². The van der Waals surface area contributed by atoms with Crippen molar-refractivity contribution in [2.75, 3.05) is 19.8 Å². The minimum atomic E-state index is -2.98. The van der Waals surface area contributed by atoms with Gasteiger partial charge in [0.2, 0.25) is 0 Å². The van der Waals surface area contributed by atoms with E-state index in [9.17, 15) is 13.9 Å². The van der Waals surface area contributed by atoms with E-state index in [1.807, 2.05) is 60.7 Å². The lowest BCUT2D eigenvalue weighted by molar-refractivity contribution is -0.0431. The first-order valence-electron chi connectivity index (χ1n) is 8.32. The van der Waals surface area contributed by atoms with E-state index in [2.05, 4.69) is 0 Å². The van der Waals surface area contributed by atoms with Crippen molar-refractivity contribution in [3.63, 3.8) is 0 Å². The Morgan fingerprint density at radius 1 is 0.800 bits per heavy atom. The van der Waals surface area contributed by atoms with Crippen LogP contribution < -0.4 is 0 Å². The summed E-state index contributed by atoms with van der Waals surface area (Å²) in [5.41, 5.74) is 0.394. The van der Waals surface area contributed by atoms with Crippen LogP contribution in [0, 0.1) is 11.3 Å². The van der Waals surface area contributed by atoms with Crippen molar-refractivity contribution < 1.29 is 23.4 Å². The van der Waals surface area contributed by atoms with Gasteiger partial charge in [0.1, 0.15) is 0 Å². The molecule has 1 saturated carbocycles. The van der Waals surface area contributed by atoms with Gasteiger partial charge in [0.25, 0.3) is 5.92 Å². The van der Waals surface area contributed by atoms with Gasteiger partial charge in [-0.1, -0.05) is 60.7 Å². The molecule has 25 heavy (non-hydrogen) atoms. The Balaban J connectivity index is 1.57. The van der Waals surface area contributed by atoms with Gasteiger partial charge < -0.3 is 14.6 Å². The number of rotatable bonds is 9. The second-order valence-corrected chi connectivity index (χ2v) is 6.47. The Labute approximate surface area is 146 Å². The molecule has 1 N–H and O–H groups in total.